The summed E-state index contributed by atoms with van der Waals surface area (Å²) in [6.45, 7) is 0.379. The molecule has 0 unspecified atom stereocenters. The molecule has 1 fully saturated rings. The summed E-state index contributed by atoms with van der Waals surface area (Å²) >= 11 is 1.62. The van der Waals surface area contributed by atoms with E-state index in [4.69, 9.17) is 0 Å². The molecule has 0 spiro atoms. The molecular formula is C20H19N5O2S. The van der Waals surface area contributed by atoms with Crippen molar-refractivity contribution >= 4 is 35.0 Å². The quantitative estimate of drug-likeness (QED) is 0.650. The lowest BCUT2D eigenvalue weighted by molar-refractivity contribution is -0.122. The highest BCUT2D eigenvalue weighted by molar-refractivity contribution is 7.98. The molecule has 0 bridgehead atoms. The first-order chi connectivity index (χ1) is 13.6. The Morgan fingerprint density at radius 2 is 2.11 bits per heavy atom. The standard InChI is InChI=1S/C20H19N5O2S/c1-28-17-7-3-6-16(10-17)25-11-14(9-18(25)26)20(27)23-15-5-2-4-13(8-15)19-21-12-22-24-19/h2-8,10,12,14H,9,11H2,1H3,(H,23,27)(H,21,22,24)/t14-/m1/s1. The average Bonchev–Trinajstić information content (AvgIpc) is 3.38. The molecule has 2 aromatic carbocycles. The Hall–Kier alpha value is -3.13. The normalized spacial score (nSPS) is 16.4. The van der Waals surface area contributed by atoms with Crippen molar-refractivity contribution in [2.24, 2.45) is 5.92 Å². The van der Waals surface area contributed by atoms with E-state index in [-0.39, 0.29) is 24.2 Å². The fourth-order valence-electron chi connectivity index (χ4n) is 3.24. The summed E-state index contributed by atoms with van der Waals surface area (Å²) in [6.07, 6.45) is 3.64. The Morgan fingerprint density at radius 3 is 2.89 bits per heavy atom. The third-order valence-corrected chi connectivity index (χ3v) is 5.40. The largest absolute Gasteiger partial charge is 0.326 e. The second-order valence-corrected chi connectivity index (χ2v) is 7.39. The van der Waals surface area contributed by atoms with Crippen LogP contribution < -0.4 is 10.2 Å². The Kier molecular flexibility index (Phi) is 5.12. The van der Waals surface area contributed by atoms with Gasteiger partial charge in [0.2, 0.25) is 11.8 Å². The fraction of sp³-hybridized carbons (Fsp3) is 0.200. The molecule has 0 saturated carbocycles. The van der Waals surface area contributed by atoms with Gasteiger partial charge in [-0.3, -0.25) is 14.7 Å². The SMILES string of the molecule is CSc1cccc(N2C[C@H](C(=O)Nc3cccc(-c4ncn[nH]4)c3)CC2=O)c1. The molecule has 8 heteroatoms. The number of amides is 2. The second-order valence-electron chi connectivity index (χ2n) is 6.51. The fourth-order valence-corrected chi connectivity index (χ4v) is 3.70. The lowest BCUT2D eigenvalue weighted by atomic mass is 10.1. The van der Waals surface area contributed by atoms with Crippen molar-refractivity contribution in [3.63, 3.8) is 0 Å². The molecule has 0 radical (unpaired) electrons. The first-order valence-electron chi connectivity index (χ1n) is 8.85. The molecule has 2 N–H and O–H groups in total. The van der Waals surface area contributed by atoms with Crippen LogP contribution in [0, 0.1) is 5.92 Å². The number of hydrogen-bond acceptors (Lipinski definition) is 5. The number of thioether (sulfide) groups is 1. The number of nitrogens with one attached hydrogen (secondary N) is 2. The molecule has 28 heavy (non-hydrogen) atoms. The van der Waals surface area contributed by atoms with Crippen molar-refractivity contribution in [1.29, 1.82) is 0 Å². The van der Waals surface area contributed by atoms with Crippen LogP contribution in [0.2, 0.25) is 0 Å². The molecule has 3 aromatic rings. The van der Waals surface area contributed by atoms with Crippen LogP contribution in [0.4, 0.5) is 11.4 Å². The van der Waals surface area contributed by atoms with Crippen molar-refractivity contribution in [1.82, 2.24) is 15.2 Å². The van der Waals surface area contributed by atoms with Gasteiger partial charge in [-0.15, -0.1) is 11.8 Å². The van der Waals surface area contributed by atoms with Crippen molar-refractivity contribution < 1.29 is 9.59 Å². The molecular weight excluding hydrogens is 374 g/mol. The maximum atomic E-state index is 12.7. The average molecular weight is 393 g/mol. The van der Waals surface area contributed by atoms with E-state index in [0.717, 1.165) is 16.1 Å². The van der Waals surface area contributed by atoms with Crippen LogP contribution in [-0.2, 0) is 9.59 Å². The van der Waals surface area contributed by atoms with Crippen LogP contribution in [0.15, 0.2) is 59.8 Å². The zero-order valence-corrected chi connectivity index (χ0v) is 16.1. The lowest BCUT2D eigenvalue weighted by Crippen LogP contribution is -2.28. The van der Waals surface area contributed by atoms with E-state index in [9.17, 15) is 9.59 Å². The van der Waals surface area contributed by atoms with Gasteiger partial charge in [0.15, 0.2) is 5.82 Å². The van der Waals surface area contributed by atoms with Gasteiger partial charge in [0.05, 0.1) is 5.92 Å². The van der Waals surface area contributed by atoms with Crippen LogP contribution >= 0.6 is 11.8 Å². The van der Waals surface area contributed by atoms with Gasteiger partial charge in [0.1, 0.15) is 6.33 Å². The third-order valence-electron chi connectivity index (χ3n) is 4.68. The van der Waals surface area contributed by atoms with Gasteiger partial charge in [0.25, 0.3) is 0 Å². The molecule has 7 nitrogen and oxygen atoms in total. The van der Waals surface area contributed by atoms with E-state index in [1.165, 1.54) is 6.33 Å². The number of anilines is 2. The molecule has 1 aromatic heterocycles. The summed E-state index contributed by atoms with van der Waals surface area (Å²) in [5.41, 5.74) is 2.32. The smallest absolute Gasteiger partial charge is 0.229 e. The highest BCUT2D eigenvalue weighted by Crippen LogP contribution is 2.29. The van der Waals surface area contributed by atoms with Gasteiger partial charge < -0.3 is 10.2 Å². The van der Waals surface area contributed by atoms with E-state index >= 15 is 0 Å². The summed E-state index contributed by atoms with van der Waals surface area (Å²) in [5.74, 6) is 0.0479. The Morgan fingerprint density at radius 1 is 1.25 bits per heavy atom. The molecule has 1 aliphatic rings. The molecule has 1 atom stereocenters. The number of rotatable bonds is 5. The molecule has 2 amide bonds. The number of benzene rings is 2. The maximum Gasteiger partial charge on any atom is 0.229 e. The summed E-state index contributed by atoms with van der Waals surface area (Å²) in [6, 6.07) is 15.2. The van der Waals surface area contributed by atoms with Crippen molar-refractivity contribution in [3.8, 4) is 11.4 Å². The number of H-pyrrole nitrogens is 1. The predicted octanol–water partition coefficient (Wildman–Crippen LogP) is 3.19. The van der Waals surface area contributed by atoms with E-state index in [1.807, 2.05) is 54.8 Å². The number of aromatic amines is 1. The molecule has 4 rings (SSSR count). The van der Waals surface area contributed by atoms with Gasteiger partial charge in [-0.05, 0) is 36.6 Å². The monoisotopic (exact) mass is 393 g/mol. The Labute approximate surface area is 166 Å². The summed E-state index contributed by atoms with van der Waals surface area (Å²) in [7, 11) is 0. The zero-order valence-electron chi connectivity index (χ0n) is 15.3. The molecule has 1 saturated heterocycles. The van der Waals surface area contributed by atoms with Crippen molar-refractivity contribution in [2.75, 3.05) is 23.0 Å². The van der Waals surface area contributed by atoms with Crippen LogP contribution in [0.25, 0.3) is 11.4 Å². The van der Waals surface area contributed by atoms with Crippen molar-refractivity contribution in [2.45, 2.75) is 11.3 Å². The first-order valence-corrected chi connectivity index (χ1v) is 10.1. The minimum Gasteiger partial charge on any atom is -0.326 e. The number of carbonyl (C=O) groups excluding carboxylic acids is 2. The van der Waals surface area contributed by atoms with Crippen LogP contribution in [0.3, 0.4) is 0 Å². The van der Waals surface area contributed by atoms with Gasteiger partial charge in [-0.2, -0.15) is 5.10 Å². The van der Waals surface area contributed by atoms with E-state index < -0.39 is 0 Å². The van der Waals surface area contributed by atoms with Gasteiger partial charge in [0, 0.05) is 34.8 Å². The molecule has 2 heterocycles. The third kappa shape index (κ3) is 3.77. The number of aromatic nitrogens is 3. The van der Waals surface area contributed by atoms with E-state index in [0.29, 0.717) is 18.1 Å². The van der Waals surface area contributed by atoms with Gasteiger partial charge in [-0.25, -0.2) is 4.98 Å². The highest BCUT2D eigenvalue weighted by Gasteiger charge is 2.35. The second kappa shape index (κ2) is 7.85. The van der Waals surface area contributed by atoms with Gasteiger partial charge >= 0.3 is 0 Å². The van der Waals surface area contributed by atoms with Gasteiger partial charge in [-0.1, -0.05) is 18.2 Å². The Bertz CT molecular complexity index is 1010. The molecule has 0 aliphatic carbocycles. The zero-order chi connectivity index (χ0) is 19.5. The van der Waals surface area contributed by atoms with E-state index in [2.05, 4.69) is 20.5 Å². The number of carbonyl (C=O) groups is 2. The minimum absolute atomic E-state index is 0.0335. The topological polar surface area (TPSA) is 91.0 Å². The molecule has 1 aliphatic heterocycles. The van der Waals surface area contributed by atoms with Crippen molar-refractivity contribution in [3.05, 3.63) is 54.9 Å². The highest BCUT2D eigenvalue weighted by atomic mass is 32.2. The summed E-state index contributed by atoms with van der Waals surface area (Å²) < 4.78 is 0. The predicted molar refractivity (Wildman–Crippen MR) is 109 cm³/mol. The first kappa shape index (κ1) is 18.2. The number of nitrogens with zero attached hydrogens (tertiary/aromatic N) is 3. The summed E-state index contributed by atoms with van der Waals surface area (Å²) in [5, 5.41) is 9.56. The van der Waals surface area contributed by atoms with Crippen LogP contribution in [0.5, 0.6) is 0 Å². The van der Waals surface area contributed by atoms with Crippen LogP contribution in [-0.4, -0.2) is 39.8 Å². The van der Waals surface area contributed by atoms with E-state index in [1.54, 1.807) is 16.7 Å². The summed E-state index contributed by atoms with van der Waals surface area (Å²) in [4.78, 5) is 32.1. The Balaban J connectivity index is 1.46. The minimum atomic E-state index is -0.389. The maximum absolute atomic E-state index is 12.7. The molecule has 142 valence electrons. The van der Waals surface area contributed by atoms with Crippen LogP contribution in [0.1, 0.15) is 6.42 Å². The lowest BCUT2D eigenvalue weighted by Gasteiger charge is -2.17. The number of hydrogen-bond donors (Lipinski definition) is 2.